The number of carbonyl (C=O) groups is 1. The smallest absolute Gasteiger partial charge is 0.407 e. The number of rotatable bonds is 1. The first-order chi connectivity index (χ1) is 10.6. The third-order valence-electron chi connectivity index (χ3n) is 3.42. The van der Waals surface area contributed by atoms with Crippen molar-refractivity contribution in [1.82, 2.24) is 14.9 Å². The van der Waals surface area contributed by atoms with Gasteiger partial charge in [0.2, 0.25) is 0 Å². The maximum atomic E-state index is 12.5. The van der Waals surface area contributed by atoms with Crippen molar-refractivity contribution in [3.63, 3.8) is 0 Å². The van der Waals surface area contributed by atoms with Gasteiger partial charge in [-0.3, -0.25) is 29.2 Å². The first-order valence-electron chi connectivity index (χ1n) is 6.45. The normalized spacial score (nSPS) is 17.9. The first kappa shape index (κ1) is 20.4. The quantitative estimate of drug-likeness (QED) is 0.306. The predicted molar refractivity (Wildman–Crippen MR) is 78.6 cm³/mol. The van der Waals surface area contributed by atoms with Crippen molar-refractivity contribution in [2.75, 3.05) is 24.5 Å². The van der Waals surface area contributed by atoms with E-state index < -0.39 is 18.1 Å². The number of amides is 1. The third kappa shape index (κ3) is 4.06. The van der Waals surface area contributed by atoms with Gasteiger partial charge < -0.3 is 14.8 Å². The molecule has 24 heavy (non-hydrogen) atoms. The van der Waals surface area contributed by atoms with Gasteiger partial charge in [0.1, 0.15) is 0 Å². The summed E-state index contributed by atoms with van der Waals surface area (Å²) in [5, 5.41) is -0.0676. The Labute approximate surface area is 155 Å². The van der Waals surface area contributed by atoms with Crippen LogP contribution in [-0.2, 0) is 24.3 Å². The Morgan fingerprint density at radius 2 is 1.96 bits per heavy atom. The predicted octanol–water partition coefficient (Wildman–Crippen LogP) is 1.70. The molecule has 2 rings (SSSR count). The van der Waals surface area contributed by atoms with Gasteiger partial charge in [0, 0.05) is 13.1 Å². The number of hydrogen-bond acceptors (Lipinski definition) is 4. The van der Waals surface area contributed by atoms with Gasteiger partial charge in [0.25, 0.3) is 0 Å². The number of aromatic nitrogens is 2. The van der Waals surface area contributed by atoms with Crippen LogP contribution in [-0.4, -0.2) is 52.6 Å². The molecule has 1 aromatic heterocycles. The second-order valence-electron chi connectivity index (χ2n) is 4.87. The maximum Gasteiger partial charge on any atom is 2.00 e. The number of nitrogens with zero attached hydrogens (tertiary/aromatic N) is 4. The topological polar surface area (TPSA) is 49.3 Å². The third-order valence-corrected chi connectivity index (χ3v) is 3.59. The van der Waals surface area contributed by atoms with Crippen molar-refractivity contribution >= 4 is 23.3 Å². The molecule has 0 spiro atoms. The Bertz CT molecular complexity index is 677. The molecule has 0 saturated carbocycles. The number of anilines is 1. The minimum Gasteiger partial charge on any atom is -0.407 e. The Balaban J connectivity index is 0.00000288. The first-order valence-corrected chi connectivity index (χ1v) is 6.83. The number of alkyl halides is 3. The molecule has 124 valence electrons. The van der Waals surface area contributed by atoms with Gasteiger partial charge >= 0.3 is 31.6 Å². The summed E-state index contributed by atoms with van der Waals surface area (Å²) in [6.07, 6.45) is 0.472. The Morgan fingerprint density at radius 3 is 2.50 bits per heavy atom. The number of hydrogen-bond donors (Lipinski definition) is 0. The van der Waals surface area contributed by atoms with Crippen LogP contribution >= 0.6 is 11.6 Å². The van der Waals surface area contributed by atoms with E-state index in [0.717, 1.165) is 0 Å². The van der Waals surface area contributed by atoms with Crippen molar-refractivity contribution in [2.45, 2.75) is 12.2 Å². The molecule has 1 aliphatic heterocycles. The van der Waals surface area contributed by atoms with Crippen molar-refractivity contribution in [2.24, 2.45) is 0 Å². The van der Waals surface area contributed by atoms with Crippen molar-refractivity contribution in [3.8, 4) is 12.3 Å². The summed E-state index contributed by atoms with van der Waals surface area (Å²) in [6.45, 7) is 7.09. The van der Waals surface area contributed by atoms with E-state index in [2.05, 4.69) is 29.7 Å². The minimum absolute atomic E-state index is 0. The van der Waals surface area contributed by atoms with Gasteiger partial charge in [-0.25, -0.2) is 5.69 Å². The van der Waals surface area contributed by atoms with Gasteiger partial charge in [0.15, 0.2) is 5.28 Å². The van der Waals surface area contributed by atoms with Crippen LogP contribution in [0.2, 0.25) is 5.28 Å². The van der Waals surface area contributed by atoms with Crippen LogP contribution in [0, 0.1) is 26.2 Å². The van der Waals surface area contributed by atoms with Gasteiger partial charge in [-0.15, -0.1) is 6.42 Å². The van der Waals surface area contributed by atoms with E-state index in [1.54, 1.807) is 4.90 Å². The zero-order valence-corrected chi connectivity index (χ0v) is 16.3. The molecule has 0 aliphatic carbocycles. The van der Waals surface area contributed by atoms with Crippen LogP contribution in [0.25, 0.3) is 0 Å². The Kier molecular flexibility index (Phi) is 6.37. The van der Waals surface area contributed by atoms with Crippen LogP contribution in [0.15, 0.2) is 0 Å². The summed E-state index contributed by atoms with van der Waals surface area (Å²) in [4.78, 5) is 21.5. The molecule has 0 bridgehead atoms. The standard InChI is InChI=1S/C14H12ClF3N4O.Zn/c1-4-10-7-21(12(23)14(16,17)18)5-6-22(10)11-8(2)9(3)19-13(15)20-11;/h1,10H,2-3,5-7H2;/q-2;+2/t10-;/m0./s1. The summed E-state index contributed by atoms with van der Waals surface area (Å²) < 4.78 is 37.6. The summed E-state index contributed by atoms with van der Waals surface area (Å²) >= 11 is 5.79. The molecular formula is C14H12ClF3N4OZn. The van der Waals surface area contributed by atoms with E-state index in [9.17, 15) is 18.0 Å². The van der Waals surface area contributed by atoms with Crippen LogP contribution in [0.1, 0.15) is 11.3 Å². The molecule has 1 aliphatic rings. The van der Waals surface area contributed by atoms with Gasteiger partial charge in [-0.1, -0.05) is 11.7 Å². The average Bonchev–Trinajstić information content (AvgIpc) is 2.48. The Hall–Kier alpha value is -1.65. The average molecular weight is 410 g/mol. The van der Waals surface area contributed by atoms with E-state index in [0.29, 0.717) is 22.0 Å². The summed E-state index contributed by atoms with van der Waals surface area (Å²) in [5.41, 5.74) is 0.676. The van der Waals surface area contributed by atoms with E-state index >= 15 is 0 Å². The van der Waals surface area contributed by atoms with Crippen LogP contribution in [0.4, 0.5) is 19.0 Å². The van der Waals surface area contributed by atoms with Crippen molar-refractivity contribution in [3.05, 3.63) is 30.4 Å². The monoisotopic (exact) mass is 408 g/mol. The molecule has 0 unspecified atom stereocenters. The van der Waals surface area contributed by atoms with Crippen molar-refractivity contribution in [1.29, 1.82) is 0 Å². The number of halogens is 4. The molecule has 0 aromatic carbocycles. The zero-order chi connectivity index (χ0) is 17.4. The second-order valence-corrected chi connectivity index (χ2v) is 5.20. The summed E-state index contributed by atoms with van der Waals surface area (Å²) in [5.74, 6) is 0.759. The SMILES string of the molecule is C#C[C@H]1CN(C(=O)C(F)(F)F)CCN1c1nc(Cl)nc([CH2-])c1[CH2-].[Zn+2]. The van der Waals surface area contributed by atoms with Gasteiger partial charge in [0.05, 0.1) is 12.6 Å². The van der Waals surface area contributed by atoms with Crippen LogP contribution in [0.3, 0.4) is 0 Å². The molecule has 0 N–H and O–H groups in total. The van der Waals surface area contributed by atoms with E-state index in [1.165, 1.54) is 0 Å². The molecule has 5 nitrogen and oxygen atoms in total. The number of piperazine rings is 1. The number of carbonyl (C=O) groups excluding carboxylic acids is 1. The molecule has 1 aromatic rings. The maximum absolute atomic E-state index is 12.5. The molecule has 0 radical (unpaired) electrons. The molecule has 2 heterocycles. The molecule has 10 heteroatoms. The molecule has 1 fully saturated rings. The minimum atomic E-state index is -4.93. The second kappa shape index (κ2) is 7.50. The van der Waals surface area contributed by atoms with Crippen LogP contribution < -0.4 is 4.90 Å². The fraction of sp³-hybridized carbons (Fsp3) is 0.357. The number of terminal acetylenes is 1. The summed E-state index contributed by atoms with van der Waals surface area (Å²) in [6, 6.07) is -0.791. The zero-order valence-electron chi connectivity index (χ0n) is 12.6. The van der Waals surface area contributed by atoms with Gasteiger partial charge in [-0.2, -0.15) is 13.2 Å². The largest absolute Gasteiger partial charge is 2.00 e. The van der Waals surface area contributed by atoms with E-state index in [-0.39, 0.29) is 44.4 Å². The van der Waals surface area contributed by atoms with E-state index in [4.69, 9.17) is 18.0 Å². The van der Waals surface area contributed by atoms with Crippen LogP contribution in [0.5, 0.6) is 0 Å². The van der Waals surface area contributed by atoms with Gasteiger partial charge in [-0.05, 0) is 11.6 Å². The summed E-state index contributed by atoms with van der Waals surface area (Å²) in [7, 11) is 0. The fourth-order valence-electron chi connectivity index (χ4n) is 2.27. The molecular weight excluding hydrogens is 398 g/mol. The van der Waals surface area contributed by atoms with Crippen molar-refractivity contribution < 1.29 is 37.4 Å². The molecule has 1 saturated heterocycles. The molecule has 1 atom stereocenters. The fourth-order valence-corrected chi connectivity index (χ4v) is 2.45. The Morgan fingerprint density at radius 1 is 1.33 bits per heavy atom. The molecule has 1 amide bonds. The van der Waals surface area contributed by atoms with E-state index in [1.807, 2.05) is 0 Å².